The maximum Gasteiger partial charge on any atom is 0.258 e. The average molecular weight is 325 g/mol. The second-order valence-electron chi connectivity index (χ2n) is 5.16. The highest BCUT2D eigenvalue weighted by molar-refractivity contribution is 6.30. The van der Waals surface area contributed by atoms with E-state index in [0.29, 0.717) is 16.7 Å². The molecule has 0 spiro atoms. The highest BCUT2D eigenvalue weighted by Crippen LogP contribution is 2.23. The molecule has 6 heteroatoms. The van der Waals surface area contributed by atoms with Crippen molar-refractivity contribution in [2.45, 2.75) is 0 Å². The monoisotopic (exact) mass is 324 g/mol. The van der Waals surface area contributed by atoms with Gasteiger partial charge in [-0.2, -0.15) is 4.98 Å². The topological polar surface area (TPSA) is 63.3 Å². The van der Waals surface area contributed by atoms with Crippen LogP contribution >= 0.6 is 11.6 Å². The van der Waals surface area contributed by atoms with Gasteiger partial charge in [0.2, 0.25) is 5.82 Å². The molecule has 0 unspecified atom stereocenters. The lowest BCUT2D eigenvalue weighted by Gasteiger charge is -2.02. The minimum absolute atomic E-state index is 0.475. The fraction of sp³-hybridized carbons (Fsp3) is 0.118. The lowest BCUT2D eigenvalue weighted by Crippen LogP contribution is -2.19. The summed E-state index contributed by atoms with van der Waals surface area (Å²) in [6.07, 6.45) is 0. The van der Waals surface area contributed by atoms with E-state index in [9.17, 15) is 0 Å². The van der Waals surface area contributed by atoms with Crippen LogP contribution < -0.4 is 5.32 Å². The lowest BCUT2D eigenvalue weighted by molar-refractivity contribution is 0.432. The van der Waals surface area contributed by atoms with E-state index < -0.39 is 0 Å². The minimum atomic E-state index is 0.475. The smallest absolute Gasteiger partial charge is 0.258 e. The number of hydrogen-bond acceptors (Lipinski definition) is 5. The molecule has 4 rings (SSSR count). The lowest BCUT2D eigenvalue weighted by atomic mass is 10.1. The molecule has 0 bridgehead atoms. The molecule has 114 valence electrons. The Bertz CT molecular complexity index is 853. The Balaban J connectivity index is 1.60. The Morgan fingerprint density at radius 1 is 0.913 bits per heavy atom. The van der Waals surface area contributed by atoms with Gasteiger partial charge in [0.15, 0.2) is 0 Å². The summed E-state index contributed by atoms with van der Waals surface area (Å²) in [6, 6.07) is 15.2. The number of amidine groups is 1. The van der Waals surface area contributed by atoms with E-state index in [2.05, 4.69) is 20.4 Å². The van der Waals surface area contributed by atoms with Gasteiger partial charge < -0.3 is 9.84 Å². The summed E-state index contributed by atoms with van der Waals surface area (Å²) in [5.41, 5.74) is 2.80. The second-order valence-corrected chi connectivity index (χ2v) is 5.60. The zero-order valence-electron chi connectivity index (χ0n) is 12.2. The van der Waals surface area contributed by atoms with E-state index in [1.54, 1.807) is 12.1 Å². The van der Waals surface area contributed by atoms with Crippen LogP contribution in [0.1, 0.15) is 5.56 Å². The molecule has 0 saturated heterocycles. The molecule has 5 nitrogen and oxygen atoms in total. The average Bonchev–Trinajstić information content (AvgIpc) is 3.28. The number of rotatable bonds is 3. The van der Waals surface area contributed by atoms with Gasteiger partial charge in [0, 0.05) is 28.3 Å². The highest BCUT2D eigenvalue weighted by Gasteiger charge is 2.12. The summed E-state index contributed by atoms with van der Waals surface area (Å²) >= 11 is 5.89. The molecule has 1 aliphatic heterocycles. The van der Waals surface area contributed by atoms with Crippen LogP contribution in [0.15, 0.2) is 58.0 Å². The van der Waals surface area contributed by atoms with Gasteiger partial charge in [-0.15, -0.1) is 0 Å². The molecule has 0 aliphatic carbocycles. The zero-order valence-corrected chi connectivity index (χ0v) is 12.9. The predicted molar refractivity (Wildman–Crippen MR) is 89.6 cm³/mol. The third kappa shape index (κ3) is 2.83. The van der Waals surface area contributed by atoms with Gasteiger partial charge in [0.25, 0.3) is 5.89 Å². The van der Waals surface area contributed by atoms with Crippen molar-refractivity contribution in [3.63, 3.8) is 0 Å². The van der Waals surface area contributed by atoms with Gasteiger partial charge in [0.1, 0.15) is 5.84 Å². The molecular formula is C17H13ClN4O. The molecular weight excluding hydrogens is 312 g/mol. The second kappa shape index (κ2) is 5.85. The molecule has 1 aromatic heterocycles. The third-order valence-corrected chi connectivity index (χ3v) is 3.86. The molecule has 3 aromatic rings. The molecule has 0 radical (unpaired) electrons. The predicted octanol–water partition coefficient (Wildman–Crippen LogP) is 3.41. The van der Waals surface area contributed by atoms with Crippen LogP contribution in [-0.4, -0.2) is 29.1 Å². The number of aliphatic imine (C=N–C) groups is 1. The first-order valence-corrected chi connectivity index (χ1v) is 7.66. The van der Waals surface area contributed by atoms with Gasteiger partial charge >= 0.3 is 0 Å². The molecule has 0 fully saturated rings. The van der Waals surface area contributed by atoms with Gasteiger partial charge in [0.05, 0.1) is 6.54 Å². The Morgan fingerprint density at radius 3 is 2.30 bits per heavy atom. The number of aromatic nitrogens is 2. The summed E-state index contributed by atoms with van der Waals surface area (Å²) in [5.74, 6) is 1.97. The molecule has 1 aliphatic rings. The number of hydrogen-bond donors (Lipinski definition) is 1. The number of nitrogens with zero attached hydrogens (tertiary/aromatic N) is 3. The Hall–Kier alpha value is -2.66. The molecule has 1 N–H and O–H groups in total. The van der Waals surface area contributed by atoms with Gasteiger partial charge in [-0.05, 0) is 24.3 Å². The third-order valence-electron chi connectivity index (χ3n) is 3.61. The van der Waals surface area contributed by atoms with Crippen molar-refractivity contribution < 1.29 is 4.52 Å². The van der Waals surface area contributed by atoms with Crippen LogP contribution in [-0.2, 0) is 0 Å². The Labute approximate surface area is 138 Å². The number of halogens is 1. The van der Waals surface area contributed by atoms with Gasteiger partial charge in [-0.1, -0.05) is 41.0 Å². The highest BCUT2D eigenvalue weighted by atomic mass is 35.5. The van der Waals surface area contributed by atoms with Crippen LogP contribution in [0.2, 0.25) is 5.02 Å². The zero-order chi connectivity index (χ0) is 15.6. The van der Waals surface area contributed by atoms with Crippen LogP contribution in [0.4, 0.5) is 0 Å². The number of benzene rings is 2. The molecule has 0 saturated carbocycles. The first kappa shape index (κ1) is 14.0. The van der Waals surface area contributed by atoms with Gasteiger partial charge in [-0.25, -0.2) is 0 Å². The molecule has 0 atom stereocenters. The van der Waals surface area contributed by atoms with E-state index in [4.69, 9.17) is 16.1 Å². The fourth-order valence-corrected chi connectivity index (χ4v) is 2.54. The summed E-state index contributed by atoms with van der Waals surface area (Å²) in [6.45, 7) is 1.72. The van der Waals surface area contributed by atoms with E-state index in [0.717, 1.165) is 35.6 Å². The van der Waals surface area contributed by atoms with Crippen LogP contribution in [0.25, 0.3) is 22.8 Å². The first-order chi connectivity index (χ1) is 11.3. The SMILES string of the molecule is Clc1ccc(-c2nc(-c3ccc(C4=NCCN4)cc3)no2)cc1. The first-order valence-electron chi connectivity index (χ1n) is 7.28. The fourth-order valence-electron chi connectivity index (χ4n) is 2.42. The van der Waals surface area contributed by atoms with Crippen LogP contribution in [0, 0.1) is 0 Å². The molecule has 2 heterocycles. The van der Waals surface area contributed by atoms with E-state index in [1.807, 2.05) is 36.4 Å². The standard InChI is InChI=1S/C17H13ClN4O/c18-14-7-5-13(6-8-14)17-21-16(22-23-17)12-3-1-11(2-4-12)15-19-9-10-20-15/h1-8H,9-10H2,(H,19,20). The van der Waals surface area contributed by atoms with Crippen molar-refractivity contribution in [3.05, 3.63) is 59.1 Å². The maximum absolute atomic E-state index is 5.89. The summed E-state index contributed by atoms with van der Waals surface area (Å²) in [5, 5.41) is 7.97. The van der Waals surface area contributed by atoms with Crippen molar-refractivity contribution in [3.8, 4) is 22.8 Å². The van der Waals surface area contributed by atoms with Crippen LogP contribution in [0.5, 0.6) is 0 Å². The molecule has 0 amide bonds. The molecule has 23 heavy (non-hydrogen) atoms. The Morgan fingerprint density at radius 2 is 1.61 bits per heavy atom. The van der Waals surface area contributed by atoms with E-state index in [-0.39, 0.29) is 0 Å². The summed E-state index contributed by atoms with van der Waals surface area (Å²) < 4.78 is 5.33. The quantitative estimate of drug-likeness (QED) is 0.802. The van der Waals surface area contributed by atoms with E-state index in [1.165, 1.54) is 0 Å². The number of nitrogens with one attached hydrogen (secondary N) is 1. The summed E-state index contributed by atoms with van der Waals surface area (Å²) in [4.78, 5) is 8.85. The van der Waals surface area contributed by atoms with E-state index >= 15 is 0 Å². The van der Waals surface area contributed by atoms with Crippen molar-refractivity contribution >= 4 is 17.4 Å². The van der Waals surface area contributed by atoms with Gasteiger partial charge in [-0.3, -0.25) is 4.99 Å². The summed E-state index contributed by atoms with van der Waals surface area (Å²) in [7, 11) is 0. The molecule has 2 aromatic carbocycles. The van der Waals surface area contributed by atoms with Crippen molar-refractivity contribution in [2.75, 3.05) is 13.1 Å². The van der Waals surface area contributed by atoms with Crippen molar-refractivity contribution in [1.29, 1.82) is 0 Å². The van der Waals surface area contributed by atoms with Crippen LogP contribution in [0.3, 0.4) is 0 Å². The normalized spacial score (nSPS) is 13.7. The largest absolute Gasteiger partial charge is 0.368 e. The maximum atomic E-state index is 5.89. The van der Waals surface area contributed by atoms with Crippen molar-refractivity contribution in [2.24, 2.45) is 4.99 Å². The minimum Gasteiger partial charge on any atom is -0.368 e. The Kier molecular flexibility index (Phi) is 3.55. The van der Waals surface area contributed by atoms with Crippen molar-refractivity contribution in [1.82, 2.24) is 15.5 Å².